The van der Waals surface area contributed by atoms with Crippen LogP contribution >= 0.6 is 0 Å². The van der Waals surface area contributed by atoms with E-state index in [9.17, 15) is 5.11 Å². The van der Waals surface area contributed by atoms with Gasteiger partial charge in [-0.1, -0.05) is 0 Å². The lowest BCUT2D eigenvalue weighted by molar-refractivity contribution is -0.104. The van der Waals surface area contributed by atoms with Crippen molar-refractivity contribution in [2.45, 2.75) is 31.7 Å². The maximum atomic E-state index is 10.6. The van der Waals surface area contributed by atoms with Gasteiger partial charge in [0.25, 0.3) is 0 Å². The minimum Gasteiger partial charge on any atom is -0.485 e. The van der Waals surface area contributed by atoms with Crippen LogP contribution in [0.2, 0.25) is 0 Å². The van der Waals surface area contributed by atoms with Crippen molar-refractivity contribution in [3.8, 4) is 17.7 Å². The van der Waals surface area contributed by atoms with Gasteiger partial charge in [0.1, 0.15) is 17.5 Å². The maximum Gasteiger partial charge on any atom is 0.234 e. The number of aromatic nitrogens is 2. The molecule has 2 heterocycles. The number of nitrogens with zero attached hydrogens (tertiary/aromatic N) is 3. The number of rotatable bonds is 2. The molecule has 0 aliphatic carbocycles. The molecule has 0 amide bonds. The second-order valence-corrected chi connectivity index (χ2v) is 5.62. The van der Waals surface area contributed by atoms with Crippen molar-refractivity contribution in [2.75, 3.05) is 0 Å². The average molecular weight is 297 g/mol. The van der Waals surface area contributed by atoms with Gasteiger partial charge in [-0.15, -0.1) is 5.10 Å². The maximum absolute atomic E-state index is 10.6. The van der Waals surface area contributed by atoms with Crippen molar-refractivity contribution in [3.63, 3.8) is 0 Å². The Morgan fingerprint density at radius 1 is 1.36 bits per heavy atom. The summed E-state index contributed by atoms with van der Waals surface area (Å²) in [5.41, 5.74) is 0.270. The lowest BCUT2D eigenvalue weighted by Crippen LogP contribution is -2.50. The SMILES string of the molecule is CC1(C)Oc2ccc(C#N)cc2C(Oc2cccnn2)C1O. The molecular weight excluding hydrogens is 282 g/mol. The monoisotopic (exact) mass is 297 g/mol. The quantitative estimate of drug-likeness (QED) is 0.912. The van der Waals surface area contributed by atoms with Crippen LogP contribution in [0.15, 0.2) is 36.5 Å². The van der Waals surface area contributed by atoms with Crippen LogP contribution in [0, 0.1) is 11.3 Å². The van der Waals surface area contributed by atoms with Gasteiger partial charge in [0.15, 0.2) is 6.10 Å². The van der Waals surface area contributed by atoms with E-state index >= 15 is 0 Å². The Morgan fingerprint density at radius 2 is 2.18 bits per heavy atom. The first-order valence-electron chi connectivity index (χ1n) is 6.87. The molecule has 6 heteroatoms. The predicted octanol–water partition coefficient (Wildman–Crippen LogP) is 2.00. The third kappa shape index (κ3) is 2.47. The van der Waals surface area contributed by atoms with E-state index in [1.807, 2.05) is 0 Å². The molecule has 1 aromatic carbocycles. The fourth-order valence-electron chi connectivity index (χ4n) is 2.42. The summed E-state index contributed by atoms with van der Waals surface area (Å²) in [7, 11) is 0. The third-order valence-corrected chi connectivity index (χ3v) is 3.61. The molecule has 0 fully saturated rings. The normalized spacial score (nSPS) is 22.1. The van der Waals surface area contributed by atoms with Gasteiger partial charge in [-0.05, 0) is 38.1 Å². The van der Waals surface area contributed by atoms with Crippen LogP contribution in [-0.2, 0) is 0 Å². The van der Waals surface area contributed by atoms with Crippen molar-refractivity contribution in [1.82, 2.24) is 10.2 Å². The molecule has 2 unspecified atom stereocenters. The van der Waals surface area contributed by atoms with Crippen LogP contribution in [0.3, 0.4) is 0 Å². The smallest absolute Gasteiger partial charge is 0.234 e. The van der Waals surface area contributed by atoms with Crippen LogP contribution in [-0.4, -0.2) is 27.0 Å². The van der Waals surface area contributed by atoms with Crippen molar-refractivity contribution >= 4 is 0 Å². The summed E-state index contributed by atoms with van der Waals surface area (Å²) in [6.45, 7) is 3.57. The largest absolute Gasteiger partial charge is 0.485 e. The van der Waals surface area contributed by atoms with Crippen LogP contribution in [0.25, 0.3) is 0 Å². The zero-order valence-electron chi connectivity index (χ0n) is 12.2. The van der Waals surface area contributed by atoms with E-state index in [-0.39, 0.29) is 0 Å². The number of benzene rings is 1. The summed E-state index contributed by atoms with van der Waals surface area (Å²) in [6.07, 6.45) is -0.0708. The van der Waals surface area contributed by atoms with Gasteiger partial charge in [0.2, 0.25) is 5.88 Å². The predicted molar refractivity (Wildman–Crippen MR) is 77.3 cm³/mol. The summed E-state index contributed by atoms with van der Waals surface area (Å²) in [5.74, 6) is 0.890. The van der Waals surface area contributed by atoms with Gasteiger partial charge < -0.3 is 14.6 Å². The van der Waals surface area contributed by atoms with Gasteiger partial charge in [0.05, 0.1) is 11.6 Å². The molecular formula is C16H15N3O3. The molecule has 0 bridgehead atoms. The van der Waals surface area contributed by atoms with E-state index in [0.29, 0.717) is 22.8 Å². The zero-order chi connectivity index (χ0) is 15.7. The highest BCUT2D eigenvalue weighted by Gasteiger charge is 2.44. The summed E-state index contributed by atoms with van der Waals surface area (Å²) in [5, 5.41) is 27.3. The number of fused-ring (bicyclic) bond motifs is 1. The first kappa shape index (κ1) is 14.3. The van der Waals surface area contributed by atoms with E-state index in [2.05, 4.69) is 16.3 Å². The highest BCUT2D eigenvalue weighted by atomic mass is 16.5. The molecule has 1 aromatic heterocycles. The Labute approximate surface area is 127 Å². The molecule has 6 nitrogen and oxygen atoms in total. The van der Waals surface area contributed by atoms with Crippen molar-refractivity contribution in [1.29, 1.82) is 5.26 Å². The topological polar surface area (TPSA) is 88.3 Å². The number of hydrogen-bond donors (Lipinski definition) is 1. The number of ether oxygens (including phenoxy) is 2. The molecule has 0 saturated carbocycles. The second-order valence-electron chi connectivity index (χ2n) is 5.62. The molecule has 112 valence electrons. The first-order chi connectivity index (χ1) is 10.5. The molecule has 0 radical (unpaired) electrons. The van der Waals surface area contributed by atoms with Gasteiger partial charge >= 0.3 is 0 Å². The van der Waals surface area contributed by atoms with Crippen LogP contribution in [0.5, 0.6) is 11.6 Å². The van der Waals surface area contributed by atoms with E-state index < -0.39 is 17.8 Å². The summed E-state index contributed by atoms with van der Waals surface area (Å²) in [6, 6.07) is 10.5. The average Bonchev–Trinajstić information content (AvgIpc) is 2.52. The van der Waals surface area contributed by atoms with Crippen molar-refractivity contribution in [3.05, 3.63) is 47.7 Å². The standard InChI is InChI=1S/C16H15N3O3/c1-16(2)15(20)14(21-13-4-3-7-18-19-13)11-8-10(9-17)5-6-12(11)22-16/h3-8,14-15,20H,1-2H3. The third-order valence-electron chi connectivity index (χ3n) is 3.61. The summed E-state index contributed by atoms with van der Waals surface area (Å²) >= 11 is 0. The Bertz CT molecular complexity index is 725. The summed E-state index contributed by atoms with van der Waals surface area (Å²) < 4.78 is 11.6. The zero-order valence-corrected chi connectivity index (χ0v) is 12.2. The molecule has 0 spiro atoms. The molecule has 22 heavy (non-hydrogen) atoms. The molecule has 1 N–H and O–H groups in total. The molecule has 0 saturated heterocycles. The highest BCUT2D eigenvalue weighted by molar-refractivity contribution is 5.46. The van der Waals surface area contributed by atoms with Gasteiger partial charge in [-0.2, -0.15) is 10.4 Å². The summed E-state index contributed by atoms with van der Waals surface area (Å²) in [4.78, 5) is 0. The number of nitriles is 1. The lowest BCUT2D eigenvalue weighted by atomic mass is 9.88. The number of aliphatic hydroxyl groups excluding tert-OH is 1. The second kappa shape index (κ2) is 5.28. The van der Waals surface area contributed by atoms with Gasteiger partial charge in [-0.25, -0.2) is 0 Å². The van der Waals surface area contributed by atoms with Gasteiger partial charge in [-0.3, -0.25) is 0 Å². The molecule has 1 aliphatic rings. The van der Waals surface area contributed by atoms with Crippen LogP contribution < -0.4 is 9.47 Å². The van der Waals surface area contributed by atoms with E-state index in [4.69, 9.17) is 14.7 Å². The minimum absolute atomic E-state index is 0.303. The highest BCUT2D eigenvalue weighted by Crippen LogP contribution is 2.42. The molecule has 2 atom stereocenters. The van der Waals surface area contributed by atoms with E-state index in [0.717, 1.165) is 0 Å². The van der Waals surface area contributed by atoms with Crippen LogP contribution in [0.4, 0.5) is 0 Å². The molecule has 2 aromatic rings. The van der Waals surface area contributed by atoms with Gasteiger partial charge in [0, 0.05) is 17.8 Å². The van der Waals surface area contributed by atoms with E-state index in [1.165, 1.54) is 0 Å². The fourth-order valence-corrected chi connectivity index (χ4v) is 2.42. The van der Waals surface area contributed by atoms with Crippen molar-refractivity contribution in [2.24, 2.45) is 0 Å². The lowest BCUT2D eigenvalue weighted by Gasteiger charge is -2.41. The Balaban J connectivity index is 2.05. The Kier molecular flexibility index (Phi) is 3.43. The molecule has 1 aliphatic heterocycles. The van der Waals surface area contributed by atoms with Crippen molar-refractivity contribution < 1.29 is 14.6 Å². The van der Waals surface area contributed by atoms with Crippen LogP contribution in [0.1, 0.15) is 31.1 Å². The number of aliphatic hydroxyl groups is 1. The molecule has 3 rings (SSSR count). The Hall–Kier alpha value is -2.65. The minimum atomic E-state index is -0.920. The fraction of sp³-hybridized carbons (Fsp3) is 0.312. The first-order valence-corrected chi connectivity index (χ1v) is 6.87. The Morgan fingerprint density at radius 3 is 2.86 bits per heavy atom. The van der Waals surface area contributed by atoms with E-state index in [1.54, 1.807) is 50.4 Å². The number of hydrogen-bond acceptors (Lipinski definition) is 6.